The molecule has 8 heteroatoms. The Balaban J connectivity index is 2.21. The summed E-state index contributed by atoms with van der Waals surface area (Å²) in [5, 5.41) is 10.1. The monoisotopic (exact) mass is 246 g/mol. The average Bonchev–Trinajstić information content (AvgIpc) is 2.60. The summed E-state index contributed by atoms with van der Waals surface area (Å²) in [5.41, 5.74) is 1.88. The minimum atomic E-state index is -3.46. The van der Waals surface area contributed by atoms with Gasteiger partial charge in [0.25, 0.3) is 0 Å². The third-order valence-electron chi connectivity index (χ3n) is 1.86. The molecule has 2 rings (SSSR count). The molecule has 0 spiro atoms. The van der Waals surface area contributed by atoms with E-state index in [0.29, 0.717) is 17.6 Å². The van der Waals surface area contributed by atoms with Gasteiger partial charge in [-0.2, -0.15) is 10.3 Å². The van der Waals surface area contributed by atoms with Crippen LogP contribution in [0.5, 0.6) is 0 Å². The number of aryl methyl sites for hydroxylation is 1. The minimum Gasteiger partial charge on any atom is -0.233 e. The van der Waals surface area contributed by atoms with E-state index in [4.69, 9.17) is 10.7 Å². The van der Waals surface area contributed by atoms with Crippen molar-refractivity contribution < 1.29 is 8.42 Å². The topological polar surface area (TPSA) is 88.6 Å². The number of fused-ring (bicyclic) bond motifs is 1. The van der Waals surface area contributed by atoms with E-state index >= 15 is 0 Å². The summed E-state index contributed by atoms with van der Waals surface area (Å²) in [6, 6.07) is 1.73. The first-order valence-electron chi connectivity index (χ1n) is 4.12. The number of hydrogen-bond acceptors (Lipinski definition) is 5. The molecule has 0 aliphatic carbocycles. The zero-order valence-electron chi connectivity index (χ0n) is 7.51. The van der Waals surface area contributed by atoms with Gasteiger partial charge in [0, 0.05) is 16.9 Å². The lowest BCUT2D eigenvalue weighted by molar-refractivity contribution is 0.609. The first-order chi connectivity index (χ1) is 7.04. The molecule has 6 nitrogen and oxygen atoms in total. The van der Waals surface area contributed by atoms with Crippen molar-refractivity contribution in [3.8, 4) is 0 Å². The second kappa shape index (κ2) is 3.74. The van der Waals surface area contributed by atoms with E-state index in [1.54, 1.807) is 12.3 Å². The number of aromatic amines is 1. The number of halogens is 1. The van der Waals surface area contributed by atoms with Gasteiger partial charge in [-0.25, -0.2) is 13.4 Å². The molecule has 0 saturated carbocycles. The van der Waals surface area contributed by atoms with Gasteiger partial charge in [0.1, 0.15) is 5.52 Å². The third kappa shape index (κ3) is 2.63. The van der Waals surface area contributed by atoms with Gasteiger partial charge in [0.2, 0.25) is 14.7 Å². The Morgan fingerprint density at radius 2 is 2.20 bits per heavy atom. The van der Waals surface area contributed by atoms with Crippen LogP contribution in [0, 0.1) is 0 Å². The van der Waals surface area contributed by atoms with Crippen LogP contribution in [0.2, 0.25) is 0 Å². The highest BCUT2D eigenvalue weighted by Crippen LogP contribution is 2.09. The fraction of sp³-hybridized carbons (Fsp3) is 0.286. The van der Waals surface area contributed by atoms with E-state index in [1.807, 2.05) is 0 Å². The molecule has 80 valence electrons. The van der Waals surface area contributed by atoms with Crippen LogP contribution < -0.4 is 0 Å². The molecule has 0 aliphatic heterocycles. The lowest BCUT2D eigenvalue weighted by Gasteiger charge is -1.97. The molecule has 0 atom stereocenters. The lowest BCUT2D eigenvalue weighted by Crippen LogP contribution is -2.01. The molecular weight excluding hydrogens is 240 g/mol. The van der Waals surface area contributed by atoms with Crippen molar-refractivity contribution in [1.29, 1.82) is 0 Å². The maximum absolute atomic E-state index is 10.7. The summed E-state index contributed by atoms with van der Waals surface area (Å²) < 4.78 is 21.5. The van der Waals surface area contributed by atoms with Crippen molar-refractivity contribution in [2.24, 2.45) is 0 Å². The number of rotatable bonds is 3. The van der Waals surface area contributed by atoms with Gasteiger partial charge in [-0.05, 0) is 18.1 Å². The smallest absolute Gasteiger partial charge is 0.232 e. The fourth-order valence-electron chi connectivity index (χ4n) is 1.16. The Morgan fingerprint density at radius 1 is 1.40 bits per heavy atom. The number of aromatic nitrogens is 4. The standard InChI is InChI=1S/C7H7ClN4O2S/c8-15(13,14)2-1-5-3-6-7(9-4-5)11-12-10-6/h3-4H,1-2H2,(H,9,10,11,12). The summed E-state index contributed by atoms with van der Waals surface area (Å²) in [4.78, 5) is 4.00. The maximum atomic E-state index is 10.7. The second-order valence-corrected chi connectivity index (χ2v) is 5.90. The maximum Gasteiger partial charge on any atom is 0.232 e. The van der Waals surface area contributed by atoms with Crippen LogP contribution in [0.25, 0.3) is 11.2 Å². The molecule has 0 saturated heterocycles. The highest BCUT2D eigenvalue weighted by atomic mass is 35.7. The van der Waals surface area contributed by atoms with E-state index in [0.717, 1.165) is 5.56 Å². The molecule has 2 heterocycles. The molecule has 0 unspecified atom stereocenters. The van der Waals surface area contributed by atoms with E-state index in [-0.39, 0.29) is 5.75 Å². The molecule has 0 fully saturated rings. The summed E-state index contributed by atoms with van der Waals surface area (Å²) in [7, 11) is 1.64. The van der Waals surface area contributed by atoms with Gasteiger partial charge in [-0.3, -0.25) is 0 Å². The molecule has 0 aromatic carbocycles. The van der Waals surface area contributed by atoms with Crippen LogP contribution in [-0.2, 0) is 15.5 Å². The van der Waals surface area contributed by atoms with Crippen LogP contribution in [0.4, 0.5) is 0 Å². The molecule has 0 aliphatic rings. The van der Waals surface area contributed by atoms with Crippen molar-refractivity contribution in [2.75, 3.05) is 5.75 Å². The summed E-state index contributed by atoms with van der Waals surface area (Å²) >= 11 is 0. The zero-order chi connectivity index (χ0) is 10.9. The Hall–Kier alpha value is -1.21. The van der Waals surface area contributed by atoms with Gasteiger partial charge in [0.05, 0.1) is 5.75 Å². The van der Waals surface area contributed by atoms with E-state index in [1.165, 1.54) is 0 Å². The summed E-state index contributed by atoms with van der Waals surface area (Å²) in [6.45, 7) is 0. The molecule has 0 radical (unpaired) electrons. The number of hydrogen-bond donors (Lipinski definition) is 1. The average molecular weight is 247 g/mol. The number of H-pyrrole nitrogens is 1. The number of nitrogens with one attached hydrogen (secondary N) is 1. The minimum absolute atomic E-state index is 0.112. The molecule has 15 heavy (non-hydrogen) atoms. The molecular formula is C7H7ClN4O2S. The Bertz CT molecular complexity index is 579. The molecule has 1 N–H and O–H groups in total. The zero-order valence-corrected chi connectivity index (χ0v) is 9.09. The van der Waals surface area contributed by atoms with Crippen LogP contribution in [0.3, 0.4) is 0 Å². The Morgan fingerprint density at radius 3 is 2.93 bits per heavy atom. The van der Waals surface area contributed by atoms with E-state index in [2.05, 4.69) is 20.4 Å². The second-order valence-electron chi connectivity index (χ2n) is 3.00. The van der Waals surface area contributed by atoms with Gasteiger partial charge >= 0.3 is 0 Å². The van der Waals surface area contributed by atoms with Crippen molar-refractivity contribution in [1.82, 2.24) is 20.4 Å². The summed E-state index contributed by atoms with van der Waals surface area (Å²) in [6.07, 6.45) is 1.88. The number of nitrogens with zero attached hydrogens (tertiary/aromatic N) is 3. The first kappa shape index (κ1) is 10.3. The van der Waals surface area contributed by atoms with Crippen LogP contribution in [-0.4, -0.2) is 34.6 Å². The Labute approximate surface area is 90.1 Å². The van der Waals surface area contributed by atoms with Crippen LogP contribution >= 0.6 is 10.7 Å². The van der Waals surface area contributed by atoms with Crippen molar-refractivity contribution in [3.05, 3.63) is 17.8 Å². The highest BCUT2D eigenvalue weighted by Gasteiger charge is 2.07. The normalized spacial score (nSPS) is 12.1. The predicted octanol–water partition coefficient (Wildman–Crippen LogP) is 0.464. The fourth-order valence-corrected chi connectivity index (χ4v) is 1.87. The quantitative estimate of drug-likeness (QED) is 0.795. The SMILES string of the molecule is O=S(=O)(Cl)CCc1cnc2n[nH]nc2c1. The van der Waals surface area contributed by atoms with Crippen molar-refractivity contribution >= 4 is 30.9 Å². The molecule has 0 bridgehead atoms. The van der Waals surface area contributed by atoms with Crippen LogP contribution in [0.1, 0.15) is 5.56 Å². The Kier molecular flexibility index (Phi) is 2.57. The van der Waals surface area contributed by atoms with Crippen LogP contribution in [0.15, 0.2) is 12.3 Å². The van der Waals surface area contributed by atoms with E-state index < -0.39 is 9.05 Å². The van der Waals surface area contributed by atoms with Gasteiger partial charge < -0.3 is 0 Å². The summed E-state index contributed by atoms with van der Waals surface area (Å²) in [5.74, 6) is -0.112. The highest BCUT2D eigenvalue weighted by molar-refractivity contribution is 8.13. The molecule has 2 aromatic rings. The van der Waals surface area contributed by atoms with Crippen molar-refractivity contribution in [2.45, 2.75) is 6.42 Å². The predicted molar refractivity (Wildman–Crippen MR) is 55.0 cm³/mol. The third-order valence-corrected chi connectivity index (χ3v) is 3.02. The molecule has 0 amide bonds. The van der Waals surface area contributed by atoms with E-state index in [9.17, 15) is 8.42 Å². The molecule has 2 aromatic heterocycles. The largest absolute Gasteiger partial charge is 0.233 e. The van der Waals surface area contributed by atoms with Gasteiger partial charge in [-0.15, -0.1) is 5.10 Å². The van der Waals surface area contributed by atoms with Crippen molar-refractivity contribution in [3.63, 3.8) is 0 Å². The van der Waals surface area contributed by atoms with Gasteiger partial charge in [-0.1, -0.05) is 0 Å². The van der Waals surface area contributed by atoms with Gasteiger partial charge in [0.15, 0.2) is 0 Å². The first-order valence-corrected chi connectivity index (χ1v) is 6.60. The number of pyridine rings is 1. The lowest BCUT2D eigenvalue weighted by atomic mass is 10.2.